The van der Waals surface area contributed by atoms with Crippen molar-refractivity contribution in [1.82, 2.24) is 19.2 Å². The molecule has 2 heterocycles. The Morgan fingerprint density at radius 1 is 1.16 bits per heavy atom. The van der Waals surface area contributed by atoms with Gasteiger partial charge in [0.25, 0.3) is 5.91 Å². The molecule has 1 N–H and O–H groups in total. The molecule has 174 valence electrons. The highest BCUT2D eigenvalue weighted by Crippen LogP contribution is 2.44. The molecule has 1 aromatic heterocycles. The number of nitrogens with zero attached hydrogens (tertiary/aromatic N) is 3. The van der Waals surface area contributed by atoms with Crippen LogP contribution >= 0.6 is 0 Å². The second-order valence-corrected chi connectivity index (χ2v) is 11.8. The highest BCUT2D eigenvalue weighted by molar-refractivity contribution is 7.89. The monoisotopic (exact) mass is 458 g/mol. The van der Waals surface area contributed by atoms with E-state index >= 15 is 0 Å². The van der Waals surface area contributed by atoms with Gasteiger partial charge in [0.05, 0.1) is 18.0 Å². The number of carbonyl (C=O) groups excluding carboxylic acids is 1. The molecule has 1 aliphatic carbocycles. The molecule has 32 heavy (non-hydrogen) atoms. The number of carbonyl (C=O) groups is 1. The van der Waals surface area contributed by atoms with Crippen LogP contribution in [-0.2, 0) is 23.1 Å². The van der Waals surface area contributed by atoms with E-state index in [1.54, 1.807) is 6.92 Å². The summed E-state index contributed by atoms with van der Waals surface area (Å²) in [7, 11) is -3.35. The second kappa shape index (κ2) is 8.63. The molecule has 1 aromatic carbocycles. The van der Waals surface area contributed by atoms with Gasteiger partial charge in [-0.1, -0.05) is 57.5 Å². The lowest BCUT2D eigenvalue weighted by molar-refractivity contribution is 0.0886. The smallest absolute Gasteiger partial charge is 0.272 e. The summed E-state index contributed by atoms with van der Waals surface area (Å²) in [5.74, 6) is 1.13. The molecule has 7 nitrogen and oxygen atoms in total. The van der Waals surface area contributed by atoms with E-state index in [0.29, 0.717) is 30.4 Å². The molecule has 0 bridgehead atoms. The zero-order chi connectivity index (χ0) is 23.1. The normalized spacial score (nSPS) is 23.1. The second-order valence-electron chi connectivity index (χ2n) is 9.51. The van der Waals surface area contributed by atoms with Gasteiger partial charge in [-0.2, -0.15) is 4.31 Å². The van der Waals surface area contributed by atoms with Crippen LogP contribution in [0.3, 0.4) is 0 Å². The van der Waals surface area contributed by atoms with Crippen molar-refractivity contribution in [2.75, 3.05) is 12.3 Å². The largest absolute Gasteiger partial charge is 0.347 e. The zero-order valence-corrected chi connectivity index (χ0v) is 20.3. The third-order valence-corrected chi connectivity index (χ3v) is 9.36. The van der Waals surface area contributed by atoms with Gasteiger partial charge >= 0.3 is 0 Å². The molecule has 8 heteroatoms. The molecule has 0 saturated heterocycles. The van der Waals surface area contributed by atoms with Gasteiger partial charge in [-0.05, 0) is 31.1 Å². The number of fused-ring (bicyclic) bond motifs is 1. The average Bonchev–Trinajstić information content (AvgIpc) is 3.31. The van der Waals surface area contributed by atoms with Crippen LogP contribution < -0.4 is 5.32 Å². The van der Waals surface area contributed by atoms with E-state index in [1.807, 2.05) is 34.9 Å². The summed E-state index contributed by atoms with van der Waals surface area (Å²) in [6, 6.07) is 9.85. The topological polar surface area (TPSA) is 84.3 Å². The SMILES string of the molecule is CCC1CCC(NC(=O)c2nc(-c3ccccc3)n3c2CN(S(=O)(=O)CC)CC3)C1(C)C. The minimum absolute atomic E-state index is 0.0179. The van der Waals surface area contributed by atoms with Gasteiger partial charge in [-0.25, -0.2) is 13.4 Å². The highest BCUT2D eigenvalue weighted by Gasteiger charge is 2.43. The van der Waals surface area contributed by atoms with Crippen LogP contribution in [0.2, 0.25) is 0 Å². The Hall–Kier alpha value is -2.19. The van der Waals surface area contributed by atoms with E-state index in [2.05, 4.69) is 26.1 Å². The standard InChI is InChI=1S/C24H34N4O3S/c1-5-18-12-13-20(24(18,3)4)25-23(29)21-19-16-27(32(30,31)6-2)14-15-28(19)22(26-21)17-10-8-7-9-11-17/h7-11,18,20H,5-6,12-16H2,1-4H3,(H,25,29). The Morgan fingerprint density at radius 2 is 1.88 bits per heavy atom. The summed E-state index contributed by atoms with van der Waals surface area (Å²) in [5.41, 5.74) is 1.96. The first-order valence-electron chi connectivity index (χ1n) is 11.6. The maximum absolute atomic E-state index is 13.5. The highest BCUT2D eigenvalue weighted by atomic mass is 32.2. The molecule has 2 atom stereocenters. The van der Waals surface area contributed by atoms with Crippen molar-refractivity contribution in [1.29, 1.82) is 0 Å². The zero-order valence-electron chi connectivity index (χ0n) is 19.5. The predicted molar refractivity (Wildman–Crippen MR) is 126 cm³/mol. The van der Waals surface area contributed by atoms with Crippen molar-refractivity contribution in [3.63, 3.8) is 0 Å². The van der Waals surface area contributed by atoms with Crippen molar-refractivity contribution >= 4 is 15.9 Å². The molecule has 0 spiro atoms. The first kappa shape index (κ1) is 23.0. The van der Waals surface area contributed by atoms with Gasteiger partial charge in [0.1, 0.15) is 5.82 Å². The van der Waals surface area contributed by atoms with Crippen LogP contribution in [0.25, 0.3) is 11.4 Å². The summed E-state index contributed by atoms with van der Waals surface area (Å²) >= 11 is 0. The fraction of sp³-hybridized carbons (Fsp3) is 0.583. The fourth-order valence-electron chi connectivity index (χ4n) is 5.37. The number of hydrogen-bond donors (Lipinski definition) is 1. The first-order valence-corrected chi connectivity index (χ1v) is 13.2. The van der Waals surface area contributed by atoms with Crippen molar-refractivity contribution in [3.05, 3.63) is 41.7 Å². The molecule has 0 radical (unpaired) electrons. The summed E-state index contributed by atoms with van der Waals surface area (Å²) < 4.78 is 28.6. The minimum Gasteiger partial charge on any atom is -0.347 e. The molecule has 2 aliphatic rings. The molecule has 1 fully saturated rings. The molecule has 1 aliphatic heterocycles. The molecular formula is C24H34N4O3S. The number of amides is 1. The van der Waals surface area contributed by atoms with Crippen LogP contribution in [0.15, 0.2) is 30.3 Å². The lowest BCUT2D eigenvalue weighted by atomic mass is 9.78. The maximum Gasteiger partial charge on any atom is 0.272 e. The number of rotatable bonds is 6. The quantitative estimate of drug-likeness (QED) is 0.716. The van der Waals surface area contributed by atoms with Crippen molar-refractivity contribution in [2.24, 2.45) is 11.3 Å². The molecule has 2 aromatic rings. The Labute approximate surface area is 191 Å². The molecule has 1 saturated carbocycles. The Balaban J connectivity index is 1.70. The number of sulfonamides is 1. The van der Waals surface area contributed by atoms with Crippen LogP contribution in [-0.4, -0.2) is 46.5 Å². The Morgan fingerprint density at radius 3 is 2.50 bits per heavy atom. The lowest BCUT2D eigenvalue weighted by Gasteiger charge is -2.33. The average molecular weight is 459 g/mol. The van der Waals surface area contributed by atoms with Crippen LogP contribution in [0.5, 0.6) is 0 Å². The summed E-state index contributed by atoms with van der Waals surface area (Å²) in [4.78, 5) is 18.2. The molecule has 2 unspecified atom stereocenters. The maximum atomic E-state index is 13.5. The lowest BCUT2D eigenvalue weighted by Crippen LogP contribution is -2.44. The Bertz CT molecular complexity index is 1090. The van der Waals surface area contributed by atoms with E-state index in [9.17, 15) is 13.2 Å². The van der Waals surface area contributed by atoms with E-state index in [0.717, 1.165) is 30.7 Å². The fourth-order valence-corrected chi connectivity index (χ4v) is 6.41. The van der Waals surface area contributed by atoms with Gasteiger partial charge in [0, 0.05) is 24.7 Å². The van der Waals surface area contributed by atoms with Crippen molar-refractivity contribution in [2.45, 2.75) is 66.1 Å². The third-order valence-electron chi connectivity index (χ3n) is 7.53. The molecule has 4 rings (SSSR count). The summed E-state index contributed by atoms with van der Waals surface area (Å²) in [6.45, 7) is 9.35. The van der Waals surface area contributed by atoms with E-state index in [1.165, 1.54) is 4.31 Å². The van der Waals surface area contributed by atoms with Crippen molar-refractivity contribution < 1.29 is 13.2 Å². The van der Waals surface area contributed by atoms with E-state index in [-0.39, 0.29) is 29.7 Å². The summed E-state index contributed by atoms with van der Waals surface area (Å²) in [5, 5.41) is 3.25. The number of benzene rings is 1. The first-order chi connectivity index (χ1) is 15.2. The van der Waals surface area contributed by atoms with Gasteiger partial charge in [-0.3, -0.25) is 4.79 Å². The number of imidazole rings is 1. The number of nitrogens with one attached hydrogen (secondary N) is 1. The third kappa shape index (κ3) is 3.99. The number of aromatic nitrogens is 2. The van der Waals surface area contributed by atoms with Gasteiger partial charge < -0.3 is 9.88 Å². The number of hydrogen-bond acceptors (Lipinski definition) is 4. The van der Waals surface area contributed by atoms with Gasteiger partial charge in [-0.15, -0.1) is 0 Å². The van der Waals surface area contributed by atoms with E-state index < -0.39 is 10.0 Å². The van der Waals surface area contributed by atoms with E-state index in [4.69, 9.17) is 4.98 Å². The van der Waals surface area contributed by atoms with Gasteiger partial charge in [0.2, 0.25) is 10.0 Å². The molecular weight excluding hydrogens is 424 g/mol. The summed E-state index contributed by atoms with van der Waals surface area (Å²) in [6.07, 6.45) is 3.16. The van der Waals surface area contributed by atoms with Crippen LogP contribution in [0.1, 0.15) is 63.1 Å². The minimum atomic E-state index is -3.35. The Kier molecular flexibility index (Phi) is 6.20. The van der Waals surface area contributed by atoms with Gasteiger partial charge in [0.15, 0.2) is 5.69 Å². The van der Waals surface area contributed by atoms with Crippen LogP contribution in [0, 0.1) is 11.3 Å². The van der Waals surface area contributed by atoms with Crippen LogP contribution in [0.4, 0.5) is 0 Å². The van der Waals surface area contributed by atoms with Crippen molar-refractivity contribution in [3.8, 4) is 11.4 Å². The molecule has 1 amide bonds. The predicted octanol–water partition coefficient (Wildman–Crippen LogP) is 3.66.